The lowest BCUT2D eigenvalue weighted by Crippen LogP contribution is -2.12. The maximum absolute atomic E-state index is 13.1. The molecule has 0 spiro atoms. The summed E-state index contributed by atoms with van der Waals surface area (Å²) in [7, 11) is -3.83. The molecule has 0 fully saturated rings. The molecule has 0 aliphatic carbocycles. The number of fused-ring (bicyclic) bond motifs is 1. The Balaban J connectivity index is 2.20. The van der Waals surface area contributed by atoms with E-state index >= 15 is 0 Å². The first-order valence-electron chi connectivity index (χ1n) is 8.06. The number of aromatic nitrogens is 1. The van der Waals surface area contributed by atoms with E-state index in [4.69, 9.17) is 23.2 Å². The van der Waals surface area contributed by atoms with Crippen LogP contribution in [-0.2, 0) is 10.0 Å². The lowest BCUT2D eigenvalue weighted by atomic mass is 10.1. The van der Waals surface area contributed by atoms with E-state index in [1.807, 2.05) is 6.92 Å². The fraction of sp³-hybridized carbons (Fsp3) is 0.211. The summed E-state index contributed by atoms with van der Waals surface area (Å²) in [5.41, 5.74) is 1.72. The van der Waals surface area contributed by atoms with Crippen LogP contribution in [-0.4, -0.2) is 24.1 Å². The molecular weight excluding hydrogens is 393 g/mol. The van der Waals surface area contributed by atoms with Crippen LogP contribution in [0.4, 0.5) is 0 Å². The van der Waals surface area contributed by atoms with Gasteiger partial charge >= 0.3 is 0 Å². The number of Topliss-reactive ketones (excluding diaryl/α,β-unsaturated/α-hetero) is 1. The normalized spacial score (nSPS) is 11.8. The van der Waals surface area contributed by atoms with Crippen molar-refractivity contribution < 1.29 is 13.2 Å². The fourth-order valence-electron chi connectivity index (χ4n) is 2.78. The zero-order valence-corrected chi connectivity index (χ0v) is 16.4. The molecule has 3 rings (SSSR count). The van der Waals surface area contributed by atoms with E-state index in [1.165, 1.54) is 6.20 Å². The van der Waals surface area contributed by atoms with Gasteiger partial charge in [0.2, 0.25) is 0 Å². The Morgan fingerprint density at radius 1 is 1.12 bits per heavy atom. The number of aryl methyl sites for hydroxylation is 1. The zero-order valence-electron chi connectivity index (χ0n) is 14.1. The minimum absolute atomic E-state index is 0.157. The molecule has 0 N–H and O–H groups in total. The summed E-state index contributed by atoms with van der Waals surface area (Å²) in [6.07, 6.45) is 2.16. The maximum Gasteiger partial charge on any atom is 0.268 e. The molecule has 136 valence electrons. The van der Waals surface area contributed by atoms with Crippen LogP contribution in [0.15, 0.2) is 53.6 Å². The lowest BCUT2D eigenvalue weighted by molar-refractivity contribution is 0.0983. The predicted octanol–water partition coefficient (Wildman–Crippen LogP) is 5.04. The second-order valence-corrected chi connectivity index (χ2v) is 8.66. The van der Waals surface area contributed by atoms with Gasteiger partial charge in [-0.3, -0.25) is 4.79 Å². The third-order valence-electron chi connectivity index (χ3n) is 4.15. The van der Waals surface area contributed by atoms with Gasteiger partial charge in [0.05, 0.1) is 10.4 Å². The monoisotopic (exact) mass is 409 g/mol. The first-order valence-corrected chi connectivity index (χ1v) is 10.4. The summed E-state index contributed by atoms with van der Waals surface area (Å²) >= 11 is 11.7. The number of benzene rings is 2. The van der Waals surface area contributed by atoms with Crippen molar-refractivity contribution in [1.82, 2.24) is 3.97 Å². The van der Waals surface area contributed by atoms with Gasteiger partial charge in [0.25, 0.3) is 10.0 Å². The van der Waals surface area contributed by atoms with Gasteiger partial charge in [-0.1, -0.05) is 29.3 Å². The van der Waals surface area contributed by atoms with Crippen LogP contribution in [0.2, 0.25) is 5.02 Å². The first-order chi connectivity index (χ1) is 12.3. The van der Waals surface area contributed by atoms with E-state index < -0.39 is 10.0 Å². The van der Waals surface area contributed by atoms with E-state index in [0.717, 1.165) is 9.54 Å². The molecule has 1 heterocycles. The van der Waals surface area contributed by atoms with Crippen LogP contribution < -0.4 is 0 Å². The Morgan fingerprint density at radius 3 is 2.46 bits per heavy atom. The number of rotatable bonds is 6. The van der Waals surface area contributed by atoms with Crippen molar-refractivity contribution >= 4 is 49.9 Å². The highest BCUT2D eigenvalue weighted by Gasteiger charge is 2.23. The highest BCUT2D eigenvalue weighted by atomic mass is 35.5. The van der Waals surface area contributed by atoms with Crippen molar-refractivity contribution in [2.45, 2.75) is 24.7 Å². The summed E-state index contributed by atoms with van der Waals surface area (Å²) in [5, 5.41) is 0.960. The summed E-state index contributed by atoms with van der Waals surface area (Å²) in [5.74, 6) is 0.211. The Bertz CT molecular complexity index is 1070. The predicted molar refractivity (Wildman–Crippen MR) is 105 cm³/mol. The maximum atomic E-state index is 13.1. The van der Waals surface area contributed by atoms with Crippen molar-refractivity contribution in [2.24, 2.45) is 0 Å². The molecule has 3 aromatic rings. The van der Waals surface area contributed by atoms with Crippen LogP contribution in [0.3, 0.4) is 0 Å². The van der Waals surface area contributed by atoms with Gasteiger partial charge in [-0.25, -0.2) is 12.4 Å². The first kappa shape index (κ1) is 19.0. The van der Waals surface area contributed by atoms with Crippen molar-refractivity contribution in [1.29, 1.82) is 0 Å². The van der Waals surface area contributed by atoms with Crippen LogP contribution >= 0.6 is 23.2 Å². The fourth-order valence-corrected chi connectivity index (χ4v) is 4.45. The number of hydrogen-bond donors (Lipinski definition) is 0. The van der Waals surface area contributed by atoms with Crippen molar-refractivity contribution in [3.8, 4) is 0 Å². The molecule has 4 nitrogen and oxygen atoms in total. The van der Waals surface area contributed by atoms with E-state index in [1.54, 1.807) is 42.5 Å². The molecule has 7 heteroatoms. The van der Waals surface area contributed by atoms with Crippen LogP contribution in [0.25, 0.3) is 10.9 Å². The number of halogens is 2. The highest BCUT2D eigenvalue weighted by molar-refractivity contribution is 7.90. The van der Waals surface area contributed by atoms with Crippen molar-refractivity contribution in [2.75, 3.05) is 5.88 Å². The van der Waals surface area contributed by atoms with Gasteiger partial charge in [-0.2, -0.15) is 0 Å². The number of carbonyl (C=O) groups is 1. The smallest absolute Gasteiger partial charge is 0.268 e. The van der Waals surface area contributed by atoms with E-state index in [2.05, 4.69) is 0 Å². The molecule has 0 saturated heterocycles. The summed E-state index contributed by atoms with van der Waals surface area (Å²) < 4.78 is 27.3. The zero-order chi connectivity index (χ0) is 18.9. The van der Waals surface area contributed by atoms with Crippen LogP contribution in [0.5, 0.6) is 0 Å². The number of hydrogen-bond acceptors (Lipinski definition) is 3. The SMILES string of the molecule is Cc1ccc(S(=O)(=O)n2cc(C(=O)CCCCl)c3cc(Cl)ccc32)cc1. The number of nitrogens with zero attached hydrogens (tertiary/aromatic N) is 1. The molecule has 0 atom stereocenters. The molecule has 0 aliphatic rings. The van der Waals surface area contributed by atoms with E-state index in [-0.39, 0.29) is 17.1 Å². The van der Waals surface area contributed by atoms with Gasteiger partial charge in [0.15, 0.2) is 5.78 Å². The summed E-state index contributed by atoms with van der Waals surface area (Å²) in [6.45, 7) is 1.89. The number of ketones is 1. The molecule has 0 unspecified atom stereocenters. The van der Waals surface area contributed by atoms with Crippen LogP contribution in [0, 0.1) is 6.92 Å². The van der Waals surface area contributed by atoms with Gasteiger partial charge in [0.1, 0.15) is 0 Å². The highest BCUT2D eigenvalue weighted by Crippen LogP contribution is 2.29. The molecule has 0 bridgehead atoms. The van der Waals surface area contributed by atoms with Gasteiger partial charge in [-0.05, 0) is 43.7 Å². The molecule has 0 radical (unpaired) electrons. The molecule has 0 amide bonds. The second kappa shape index (κ2) is 7.43. The third kappa shape index (κ3) is 3.52. The molecular formula is C19H17Cl2NO3S. The van der Waals surface area contributed by atoms with Gasteiger partial charge < -0.3 is 0 Å². The number of alkyl halides is 1. The lowest BCUT2D eigenvalue weighted by Gasteiger charge is -2.08. The van der Waals surface area contributed by atoms with Gasteiger partial charge in [-0.15, -0.1) is 11.6 Å². The van der Waals surface area contributed by atoms with E-state index in [0.29, 0.717) is 33.8 Å². The number of carbonyl (C=O) groups excluding carboxylic acids is 1. The van der Waals surface area contributed by atoms with Gasteiger partial charge in [0, 0.05) is 34.5 Å². The topological polar surface area (TPSA) is 56.1 Å². The third-order valence-corrected chi connectivity index (χ3v) is 6.34. The Labute approximate surface area is 162 Å². The summed E-state index contributed by atoms with van der Waals surface area (Å²) in [6, 6.07) is 11.4. The average Bonchev–Trinajstić information content (AvgIpc) is 2.99. The second-order valence-electron chi connectivity index (χ2n) is 6.03. The quantitative estimate of drug-likeness (QED) is 0.423. The Hall–Kier alpha value is -1.82. The standard InChI is InChI=1S/C19H17Cl2NO3S/c1-13-4-7-15(8-5-13)26(24,25)22-12-17(19(23)3-2-10-20)16-11-14(21)6-9-18(16)22/h4-9,11-12H,2-3,10H2,1H3. The molecule has 0 saturated carbocycles. The molecule has 0 aliphatic heterocycles. The van der Waals surface area contributed by atoms with E-state index in [9.17, 15) is 13.2 Å². The van der Waals surface area contributed by atoms with Crippen LogP contribution in [0.1, 0.15) is 28.8 Å². The average molecular weight is 410 g/mol. The van der Waals surface area contributed by atoms with Crippen molar-refractivity contribution in [3.05, 3.63) is 64.8 Å². The molecule has 26 heavy (non-hydrogen) atoms. The molecule has 1 aromatic heterocycles. The minimum Gasteiger partial charge on any atom is -0.294 e. The Kier molecular flexibility index (Phi) is 5.42. The van der Waals surface area contributed by atoms with Crippen molar-refractivity contribution in [3.63, 3.8) is 0 Å². The minimum atomic E-state index is -3.83. The molecule has 2 aromatic carbocycles. The largest absolute Gasteiger partial charge is 0.294 e. The Morgan fingerprint density at radius 2 is 1.81 bits per heavy atom. The summed E-state index contributed by atoms with van der Waals surface area (Å²) in [4.78, 5) is 12.7.